The van der Waals surface area contributed by atoms with Gasteiger partial charge in [-0.3, -0.25) is 4.79 Å². The maximum Gasteiger partial charge on any atom is 0.165 e. The average Bonchev–Trinajstić information content (AvgIpc) is 3.14. The minimum atomic E-state index is -0.213. The highest BCUT2D eigenvalue weighted by molar-refractivity contribution is 5.75. The van der Waals surface area contributed by atoms with Crippen molar-refractivity contribution >= 4 is 12.6 Å². The van der Waals surface area contributed by atoms with Gasteiger partial charge >= 0.3 is 0 Å². The maximum atomic E-state index is 11.2. The van der Waals surface area contributed by atoms with Gasteiger partial charge in [-0.1, -0.05) is 6.08 Å². The third-order valence-corrected chi connectivity index (χ3v) is 4.25. The van der Waals surface area contributed by atoms with E-state index in [1.54, 1.807) is 14.2 Å². The van der Waals surface area contributed by atoms with E-state index in [9.17, 15) is 9.59 Å². The van der Waals surface area contributed by atoms with Crippen LogP contribution in [0.2, 0.25) is 0 Å². The van der Waals surface area contributed by atoms with E-state index in [2.05, 4.69) is 16.7 Å². The molecule has 0 amide bonds. The predicted molar refractivity (Wildman–Crippen MR) is 82.2 cm³/mol. The highest BCUT2D eigenvalue weighted by Gasteiger charge is 2.33. The Morgan fingerprint density at radius 2 is 2.00 bits per heavy atom. The summed E-state index contributed by atoms with van der Waals surface area (Å²) in [5.41, 5.74) is 2.71. The Hall–Kier alpha value is -1.66. The lowest BCUT2D eigenvalue weighted by Crippen LogP contribution is -2.36. The fourth-order valence-electron chi connectivity index (χ4n) is 3.01. The van der Waals surface area contributed by atoms with Crippen molar-refractivity contribution in [3.8, 4) is 0 Å². The van der Waals surface area contributed by atoms with E-state index in [4.69, 9.17) is 9.47 Å². The molecule has 22 heavy (non-hydrogen) atoms. The standard InChI is InChI=1S/C16H24N2O4/c1-21-5-3-11-7-13(17-15(11)9-19)14-8-12(4-6-22-2)16(10-20)18-14/h7,9-11,14-15,17-18H,3-6,8H2,1-2H3. The molecule has 3 atom stereocenters. The Labute approximate surface area is 130 Å². The molecule has 0 aromatic carbocycles. The van der Waals surface area contributed by atoms with Gasteiger partial charge in [0, 0.05) is 39.0 Å². The quantitative estimate of drug-likeness (QED) is 0.606. The lowest BCUT2D eigenvalue weighted by Gasteiger charge is -2.17. The molecule has 2 N–H and O–H groups in total. The SMILES string of the molecule is COCCC1=C(C=O)NC(C2=CC(CCOC)C(C=O)N2)C1. The number of nitrogens with one attached hydrogen (secondary N) is 2. The van der Waals surface area contributed by atoms with Gasteiger partial charge in [0.1, 0.15) is 6.29 Å². The molecule has 2 aliphatic heterocycles. The van der Waals surface area contributed by atoms with Gasteiger partial charge < -0.3 is 24.9 Å². The number of hydrogen-bond acceptors (Lipinski definition) is 6. The molecule has 0 spiro atoms. The van der Waals surface area contributed by atoms with Crippen LogP contribution in [0.1, 0.15) is 19.3 Å². The number of methoxy groups -OCH3 is 2. The Morgan fingerprint density at radius 1 is 1.23 bits per heavy atom. The van der Waals surface area contributed by atoms with Crippen LogP contribution in [0.15, 0.2) is 23.0 Å². The van der Waals surface area contributed by atoms with Gasteiger partial charge in [-0.25, -0.2) is 0 Å². The number of aldehydes is 2. The molecule has 0 fully saturated rings. The van der Waals surface area contributed by atoms with E-state index < -0.39 is 0 Å². The Morgan fingerprint density at radius 3 is 2.64 bits per heavy atom. The number of carbonyl (C=O) groups is 2. The lowest BCUT2D eigenvalue weighted by atomic mass is 9.99. The van der Waals surface area contributed by atoms with E-state index in [1.165, 1.54) is 0 Å². The highest BCUT2D eigenvalue weighted by atomic mass is 16.5. The van der Waals surface area contributed by atoms with Crippen molar-refractivity contribution in [1.29, 1.82) is 0 Å². The van der Waals surface area contributed by atoms with Crippen LogP contribution in [0.5, 0.6) is 0 Å². The van der Waals surface area contributed by atoms with Crippen molar-refractivity contribution in [1.82, 2.24) is 10.6 Å². The molecule has 2 heterocycles. The summed E-state index contributed by atoms with van der Waals surface area (Å²) in [5.74, 6) is 0.136. The fraction of sp³-hybridized carbons (Fsp3) is 0.625. The van der Waals surface area contributed by atoms with Crippen molar-refractivity contribution in [3.63, 3.8) is 0 Å². The zero-order valence-electron chi connectivity index (χ0n) is 13.1. The first-order valence-corrected chi connectivity index (χ1v) is 7.58. The number of hydrogen-bond donors (Lipinski definition) is 2. The molecule has 0 aromatic heterocycles. The van der Waals surface area contributed by atoms with Crippen molar-refractivity contribution in [2.45, 2.75) is 31.3 Å². The molecule has 0 radical (unpaired) electrons. The third kappa shape index (κ3) is 3.75. The van der Waals surface area contributed by atoms with Gasteiger partial charge in [0.15, 0.2) is 6.29 Å². The lowest BCUT2D eigenvalue weighted by molar-refractivity contribution is -0.110. The number of allylic oxidation sites excluding steroid dienone is 1. The van der Waals surface area contributed by atoms with Gasteiger partial charge in [0.25, 0.3) is 0 Å². The maximum absolute atomic E-state index is 11.2. The van der Waals surface area contributed by atoms with Crippen LogP contribution < -0.4 is 10.6 Å². The molecule has 3 unspecified atom stereocenters. The van der Waals surface area contributed by atoms with E-state index >= 15 is 0 Å². The summed E-state index contributed by atoms with van der Waals surface area (Å²) in [7, 11) is 3.31. The predicted octanol–water partition coefficient (Wildman–Crippen LogP) is 0.545. The first-order chi connectivity index (χ1) is 10.7. The first-order valence-electron chi connectivity index (χ1n) is 7.58. The normalized spacial score (nSPS) is 27.4. The molecule has 0 saturated carbocycles. The van der Waals surface area contributed by atoms with Gasteiger partial charge in [-0.2, -0.15) is 0 Å². The number of ether oxygens (including phenoxy) is 2. The molecule has 2 rings (SSSR count). The van der Waals surface area contributed by atoms with Gasteiger partial charge in [0.2, 0.25) is 0 Å². The van der Waals surface area contributed by atoms with Gasteiger partial charge in [-0.05, 0) is 24.8 Å². The smallest absolute Gasteiger partial charge is 0.165 e. The van der Waals surface area contributed by atoms with E-state index in [1.807, 2.05) is 0 Å². The molecular formula is C16H24N2O4. The van der Waals surface area contributed by atoms with E-state index in [-0.39, 0.29) is 18.0 Å². The summed E-state index contributed by atoms with van der Waals surface area (Å²) in [6, 6.07) is -0.184. The second-order valence-corrected chi connectivity index (χ2v) is 5.65. The third-order valence-electron chi connectivity index (χ3n) is 4.25. The summed E-state index contributed by atoms with van der Waals surface area (Å²) in [5, 5.41) is 6.50. The second kappa shape index (κ2) is 8.10. The Kier molecular flexibility index (Phi) is 6.15. The number of rotatable bonds is 9. The van der Waals surface area contributed by atoms with Gasteiger partial charge in [0.05, 0.1) is 17.8 Å². The molecule has 0 bridgehead atoms. The number of carbonyl (C=O) groups excluding carboxylic acids is 2. The van der Waals surface area contributed by atoms with Gasteiger partial charge in [-0.15, -0.1) is 0 Å². The monoisotopic (exact) mass is 308 g/mol. The molecular weight excluding hydrogens is 284 g/mol. The van der Waals surface area contributed by atoms with Crippen LogP contribution in [-0.4, -0.2) is 52.1 Å². The van der Waals surface area contributed by atoms with E-state index in [0.717, 1.165) is 43.1 Å². The topological polar surface area (TPSA) is 76.7 Å². The van der Waals surface area contributed by atoms with Crippen LogP contribution in [-0.2, 0) is 19.1 Å². The molecule has 122 valence electrons. The van der Waals surface area contributed by atoms with Crippen molar-refractivity contribution in [3.05, 3.63) is 23.0 Å². The zero-order chi connectivity index (χ0) is 15.9. The Bertz CT molecular complexity index is 473. The van der Waals surface area contributed by atoms with Crippen LogP contribution in [0.25, 0.3) is 0 Å². The van der Waals surface area contributed by atoms with Crippen molar-refractivity contribution in [2.24, 2.45) is 5.92 Å². The summed E-state index contributed by atoms with van der Waals surface area (Å²) >= 11 is 0. The fourth-order valence-corrected chi connectivity index (χ4v) is 3.01. The van der Waals surface area contributed by atoms with Crippen molar-refractivity contribution < 1.29 is 19.1 Å². The van der Waals surface area contributed by atoms with Crippen LogP contribution in [0, 0.1) is 5.92 Å². The molecule has 2 aliphatic rings. The highest BCUT2D eigenvalue weighted by Crippen LogP contribution is 2.29. The molecule has 6 nitrogen and oxygen atoms in total. The zero-order valence-corrected chi connectivity index (χ0v) is 13.1. The average molecular weight is 308 g/mol. The summed E-state index contributed by atoms with van der Waals surface area (Å²) in [6.07, 6.45) is 6.20. The summed E-state index contributed by atoms with van der Waals surface area (Å²) in [4.78, 5) is 22.4. The first kappa shape index (κ1) is 16.7. The Balaban J connectivity index is 2.01. The largest absolute Gasteiger partial charge is 0.385 e. The minimum absolute atomic E-state index is 0.0297. The minimum Gasteiger partial charge on any atom is -0.385 e. The van der Waals surface area contributed by atoms with Crippen LogP contribution in [0.3, 0.4) is 0 Å². The van der Waals surface area contributed by atoms with E-state index in [0.29, 0.717) is 18.9 Å². The van der Waals surface area contributed by atoms with Crippen molar-refractivity contribution in [2.75, 3.05) is 27.4 Å². The molecule has 0 aromatic rings. The molecule has 0 aliphatic carbocycles. The van der Waals surface area contributed by atoms with Crippen LogP contribution >= 0.6 is 0 Å². The van der Waals surface area contributed by atoms with Crippen LogP contribution in [0.4, 0.5) is 0 Å². The summed E-state index contributed by atoms with van der Waals surface area (Å²) < 4.78 is 10.2. The molecule has 0 saturated heterocycles. The summed E-state index contributed by atoms with van der Waals surface area (Å²) in [6.45, 7) is 1.22. The molecule has 6 heteroatoms. The second-order valence-electron chi connectivity index (χ2n) is 5.65.